The van der Waals surface area contributed by atoms with Gasteiger partial charge in [0.2, 0.25) is 0 Å². The Kier molecular flexibility index (Phi) is 3.64. The molecule has 1 aromatic heterocycles. The molecule has 0 aliphatic heterocycles. The van der Waals surface area contributed by atoms with Crippen LogP contribution in [0.4, 0.5) is 8.78 Å². The first-order valence-corrected chi connectivity index (χ1v) is 4.48. The van der Waals surface area contributed by atoms with Crippen LogP contribution in [0.15, 0.2) is 6.07 Å². The number of rotatable bonds is 2. The zero-order valence-electron chi connectivity index (χ0n) is 7.14. The molecule has 0 bridgehead atoms. The Morgan fingerprint density at radius 3 is 2.43 bits per heavy atom. The Bertz CT molecular complexity index is 323. The third-order valence-corrected chi connectivity index (χ3v) is 2.20. The van der Waals surface area contributed by atoms with Crippen LogP contribution in [0.2, 0.25) is 10.3 Å². The maximum Gasteiger partial charge on any atom is 0.268 e. The number of hydrogen-bond donors (Lipinski definition) is 1. The van der Waals surface area contributed by atoms with Crippen molar-refractivity contribution in [2.45, 2.75) is 19.5 Å². The third kappa shape index (κ3) is 2.32. The van der Waals surface area contributed by atoms with E-state index in [1.165, 1.54) is 13.0 Å². The molecule has 1 aromatic rings. The van der Waals surface area contributed by atoms with Crippen molar-refractivity contribution in [1.82, 2.24) is 4.98 Å². The van der Waals surface area contributed by atoms with Crippen molar-refractivity contribution in [2.24, 2.45) is 0 Å². The molecule has 0 amide bonds. The lowest BCUT2D eigenvalue weighted by Crippen LogP contribution is -2.11. The van der Waals surface area contributed by atoms with Crippen LogP contribution in [0, 0.1) is 6.92 Å². The molecule has 0 spiro atoms. The quantitative estimate of drug-likeness (QED) is 0.808. The normalized spacial score (nSPS) is 13.4. The summed E-state index contributed by atoms with van der Waals surface area (Å²) in [6.45, 7) is 1.53. The molecular formula is C8H7Cl2F2NO. The molecule has 14 heavy (non-hydrogen) atoms. The summed E-state index contributed by atoms with van der Waals surface area (Å²) in [4.78, 5) is 3.58. The average Bonchev–Trinajstić information content (AvgIpc) is 2.01. The van der Waals surface area contributed by atoms with Gasteiger partial charge in [0.1, 0.15) is 16.4 Å². The lowest BCUT2D eigenvalue weighted by atomic mass is 10.1. The first kappa shape index (κ1) is 11.6. The molecule has 1 heterocycles. The first-order valence-electron chi connectivity index (χ1n) is 3.72. The van der Waals surface area contributed by atoms with Crippen molar-refractivity contribution in [2.75, 3.05) is 0 Å². The molecule has 1 unspecified atom stereocenters. The van der Waals surface area contributed by atoms with Gasteiger partial charge < -0.3 is 5.11 Å². The SMILES string of the molecule is Cc1cc(Cl)nc(Cl)c1C(O)C(F)F. The van der Waals surface area contributed by atoms with Gasteiger partial charge in [-0.2, -0.15) is 0 Å². The van der Waals surface area contributed by atoms with Crippen LogP contribution in [0.5, 0.6) is 0 Å². The zero-order chi connectivity index (χ0) is 10.9. The van der Waals surface area contributed by atoms with Crippen molar-refractivity contribution in [1.29, 1.82) is 0 Å². The van der Waals surface area contributed by atoms with E-state index in [-0.39, 0.29) is 15.9 Å². The van der Waals surface area contributed by atoms with Crippen molar-refractivity contribution in [3.63, 3.8) is 0 Å². The highest BCUT2D eigenvalue weighted by Gasteiger charge is 2.24. The highest BCUT2D eigenvalue weighted by molar-refractivity contribution is 6.33. The fraction of sp³-hybridized carbons (Fsp3) is 0.375. The van der Waals surface area contributed by atoms with Gasteiger partial charge in [-0.3, -0.25) is 0 Å². The Morgan fingerprint density at radius 2 is 2.00 bits per heavy atom. The highest BCUT2D eigenvalue weighted by Crippen LogP contribution is 2.30. The van der Waals surface area contributed by atoms with Crippen molar-refractivity contribution >= 4 is 23.2 Å². The van der Waals surface area contributed by atoms with E-state index in [0.717, 1.165) is 0 Å². The van der Waals surface area contributed by atoms with Gasteiger partial charge in [0.15, 0.2) is 0 Å². The zero-order valence-corrected chi connectivity index (χ0v) is 8.65. The number of aliphatic hydroxyl groups is 1. The number of alkyl halides is 2. The second kappa shape index (κ2) is 4.38. The minimum atomic E-state index is -2.89. The van der Waals surface area contributed by atoms with Crippen molar-refractivity contribution in [3.8, 4) is 0 Å². The minimum Gasteiger partial charge on any atom is -0.382 e. The van der Waals surface area contributed by atoms with Crippen LogP contribution in [-0.4, -0.2) is 16.5 Å². The van der Waals surface area contributed by atoms with Crippen LogP contribution in [0.3, 0.4) is 0 Å². The molecule has 1 N–H and O–H groups in total. The lowest BCUT2D eigenvalue weighted by molar-refractivity contribution is -0.00625. The maximum absolute atomic E-state index is 12.2. The van der Waals surface area contributed by atoms with Gasteiger partial charge in [0.25, 0.3) is 6.43 Å². The van der Waals surface area contributed by atoms with Gasteiger partial charge in [-0.05, 0) is 18.6 Å². The molecular weight excluding hydrogens is 235 g/mol. The summed E-state index contributed by atoms with van der Waals surface area (Å²) in [6.07, 6.45) is -4.82. The van der Waals surface area contributed by atoms with Crippen molar-refractivity contribution < 1.29 is 13.9 Å². The molecule has 0 fully saturated rings. The van der Waals surface area contributed by atoms with Crippen LogP contribution >= 0.6 is 23.2 Å². The molecule has 2 nitrogen and oxygen atoms in total. The standard InChI is InChI=1S/C8H7Cl2F2NO/c1-3-2-4(9)13-7(10)5(3)6(14)8(11)12/h2,6,8,14H,1H3. The molecule has 1 atom stereocenters. The largest absolute Gasteiger partial charge is 0.382 e. The second-order valence-electron chi connectivity index (χ2n) is 2.75. The van der Waals surface area contributed by atoms with Crippen molar-refractivity contribution in [3.05, 3.63) is 27.5 Å². The molecule has 0 saturated carbocycles. The monoisotopic (exact) mass is 241 g/mol. The molecule has 0 aliphatic carbocycles. The van der Waals surface area contributed by atoms with Crippen LogP contribution in [0.1, 0.15) is 17.2 Å². The van der Waals surface area contributed by atoms with E-state index in [0.29, 0.717) is 5.56 Å². The average molecular weight is 242 g/mol. The number of pyridine rings is 1. The minimum absolute atomic E-state index is 0.0777. The highest BCUT2D eigenvalue weighted by atomic mass is 35.5. The smallest absolute Gasteiger partial charge is 0.268 e. The number of halogens is 4. The van der Waals surface area contributed by atoms with Gasteiger partial charge >= 0.3 is 0 Å². The van der Waals surface area contributed by atoms with E-state index in [1.807, 2.05) is 0 Å². The van der Waals surface area contributed by atoms with Gasteiger partial charge in [-0.15, -0.1) is 0 Å². The van der Waals surface area contributed by atoms with E-state index >= 15 is 0 Å². The number of aryl methyl sites for hydroxylation is 1. The first-order chi connectivity index (χ1) is 6.43. The summed E-state index contributed by atoms with van der Waals surface area (Å²) in [5.74, 6) is 0. The Morgan fingerprint density at radius 1 is 1.43 bits per heavy atom. The van der Waals surface area contributed by atoms with Gasteiger partial charge in [0, 0.05) is 5.56 Å². The number of aliphatic hydroxyl groups excluding tert-OH is 1. The summed E-state index contributed by atoms with van der Waals surface area (Å²) in [7, 11) is 0. The van der Waals surface area contributed by atoms with Gasteiger partial charge in [0.05, 0.1) is 0 Å². The van der Waals surface area contributed by atoms with E-state index in [4.69, 9.17) is 28.3 Å². The number of hydrogen-bond acceptors (Lipinski definition) is 2. The fourth-order valence-corrected chi connectivity index (χ4v) is 1.73. The third-order valence-electron chi connectivity index (χ3n) is 1.72. The molecule has 78 valence electrons. The molecule has 0 aliphatic rings. The predicted octanol–water partition coefficient (Wildman–Crippen LogP) is 3.00. The van der Waals surface area contributed by atoms with E-state index in [2.05, 4.69) is 4.98 Å². The Hall–Kier alpha value is -0.450. The van der Waals surface area contributed by atoms with E-state index < -0.39 is 12.5 Å². The topological polar surface area (TPSA) is 33.1 Å². The summed E-state index contributed by atoms with van der Waals surface area (Å²) in [6, 6.07) is 1.37. The summed E-state index contributed by atoms with van der Waals surface area (Å²) >= 11 is 11.1. The summed E-state index contributed by atoms with van der Waals surface area (Å²) in [5.41, 5.74) is 0.314. The van der Waals surface area contributed by atoms with Crippen LogP contribution in [-0.2, 0) is 0 Å². The molecule has 1 rings (SSSR count). The summed E-state index contributed by atoms with van der Waals surface area (Å²) in [5, 5.41) is 9.05. The van der Waals surface area contributed by atoms with E-state index in [9.17, 15) is 8.78 Å². The fourth-order valence-electron chi connectivity index (χ4n) is 1.09. The molecule has 0 saturated heterocycles. The van der Waals surface area contributed by atoms with Gasteiger partial charge in [-0.25, -0.2) is 13.8 Å². The molecule has 0 radical (unpaired) electrons. The maximum atomic E-state index is 12.2. The molecule has 0 aromatic carbocycles. The van der Waals surface area contributed by atoms with Gasteiger partial charge in [-0.1, -0.05) is 23.2 Å². The summed E-state index contributed by atoms with van der Waals surface area (Å²) < 4.78 is 24.4. The predicted molar refractivity (Wildman–Crippen MR) is 50.0 cm³/mol. The lowest BCUT2D eigenvalue weighted by Gasteiger charge is -2.13. The van der Waals surface area contributed by atoms with Crippen LogP contribution in [0.25, 0.3) is 0 Å². The second-order valence-corrected chi connectivity index (χ2v) is 3.49. The number of nitrogens with zero attached hydrogens (tertiary/aromatic N) is 1. The Labute approximate surface area is 89.5 Å². The van der Waals surface area contributed by atoms with Crippen LogP contribution < -0.4 is 0 Å². The Balaban J connectivity index is 3.20. The van der Waals surface area contributed by atoms with E-state index in [1.54, 1.807) is 0 Å². The number of aromatic nitrogens is 1. The molecule has 6 heteroatoms.